The maximum Gasteiger partial charge on any atom is 0.320 e. The molecule has 0 aromatic carbocycles. The number of hydrogen-bond acceptors (Lipinski definition) is 4. The highest BCUT2D eigenvalue weighted by Crippen LogP contribution is 2.14. The van der Waals surface area contributed by atoms with Crippen molar-refractivity contribution in [1.29, 1.82) is 0 Å². The minimum atomic E-state index is -3.00. The first-order valence-corrected chi connectivity index (χ1v) is 4.05. The number of rotatable bonds is 8. The summed E-state index contributed by atoms with van der Waals surface area (Å²) in [5.41, 5.74) is 4.76. The lowest BCUT2D eigenvalue weighted by atomic mass is 9.92. The van der Waals surface area contributed by atoms with E-state index in [0.29, 0.717) is 0 Å². The van der Waals surface area contributed by atoms with Crippen LogP contribution in [0, 0.1) is 5.89 Å². The normalized spacial score (nSPS) is 23.6. The van der Waals surface area contributed by atoms with Crippen LogP contribution in [0.15, 0.2) is 0 Å². The summed E-state index contributed by atoms with van der Waals surface area (Å²) in [5, 5.41) is 17.6. The van der Waals surface area contributed by atoms with E-state index in [1.807, 2.05) is 0 Å². The van der Waals surface area contributed by atoms with Crippen LogP contribution in [0.4, 0.5) is 0 Å². The van der Waals surface area contributed by atoms with Gasteiger partial charge in [-0.2, -0.15) is 0 Å². The first-order chi connectivity index (χ1) is 8.11. The second kappa shape index (κ2) is 6.33. The Morgan fingerprint density at radius 2 is 2.14 bits per heavy atom. The van der Waals surface area contributed by atoms with Gasteiger partial charge in [-0.15, -0.1) is 0 Å². The molecule has 0 saturated carbocycles. The van der Waals surface area contributed by atoms with Crippen molar-refractivity contribution >= 4 is 11.9 Å². The summed E-state index contributed by atoms with van der Waals surface area (Å²) in [4.78, 5) is 21.7. The lowest BCUT2D eigenvalue weighted by Gasteiger charge is -2.18. The Labute approximate surface area is 87.6 Å². The fourth-order valence-corrected chi connectivity index (χ4v) is 0.940. The molecule has 0 aromatic heterocycles. The third kappa shape index (κ3) is 4.78. The second-order valence-corrected chi connectivity index (χ2v) is 2.72. The Bertz CT molecular complexity index is 330. The van der Waals surface area contributed by atoms with E-state index in [9.17, 15) is 9.59 Å². The zero-order valence-corrected chi connectivity index (χ0v) is 7.56. The van der Waals surface area contributed by atoms with Crippen molar-refractivity contribution in [1.82, 2.24) is 0 Å². The van der Waals surface area contributed by atoms with Crippen molar-refractivity contribution in [2.75, 3.05) is 6.54 Å². The van der Waals surface area contributed by atoms with Crippen molar-refractivity contribution in [3.05, 3.63) is 0 Å². The first kappa shape index (κ1) is 7.19. The van der Waals surface area contributed by atoms with Crippen molar-refractivity contribution in [3.8, 4) is 0 Å². The number of carbonyl (C=O) groups is 2. The van der Waals surface area contributed by atoms with E-state index in [4.69, 9.17) is 21.5 Å². The summed E-state index contributed by atoms with van der Waals surface area (Å²) >= 11 is 0. The zero-order chi connectivity index (χ0) is 14.6. The topological polar surface area (TPSA) is 127 Å². The van der Waals surface area contributed by atoms with Crippen LogP contribution in [-0.4, -0.2) is 34.7 Å². The molecule has 1 unspecified atom stereocenters. The van der Waals surface area contributed by atoms with E-state index < -0.39 is 36.0 Å². The zero-order valence-electron chi connectivity index (χ0n) is 11.6. The molecule has 0 aliphatic heterocycles. The SMILES string of the molecule is [2H]N([2H])[C@]([2H])(C(=O)O)C([2H])(CCCN)CC(=O)O. The standard InChI is InChI=1S/C8H16N2O4/c9-3-1-2-5(4-6(11)12)7(10)8(13)14/h5,7H,1-4,9-10H2,(H,11,12)(H,13,14)/t5?,7-/m0/s1/i5D,7D/hD2. The molecule has 14 heavy (non-hydrogen) atoms. The van der Waals surface area contributed by atoms with Gasteiger partial charge in [-0.3, -0.25) is 9.59 Å². The number of aliphatic carboxylic acids is 2. The van der Waals surface area contributed by atoms with Crippen molar-refractivity contribution in [2.24, 2.45) is 17.3 Å². The van der Waals surface area contributed by atoms with Gasteiger partial charge in [-0.05, 0) is 25.3 Å². The minimum Gasteiger partial charge on any atom is -0.481 e. The average molecular weight is 208 g/mol. The van der Waals surface area contributed by atoms with E-state index in [0.717, 1.165) is 0 Å². The Morgan fingerprint density at radius 3 is 2.50 bits per heavy atom. The Balaban J connectivity index is 5.49. The van der Waals surface area contributed by atoms with E-state index in [-0.39, 0.29) is 19.4 Å². The van der Waals surface area contributed by atoms with E-state index >= 15 is 0 Å². The number of hydrogen-bond donors (Lipinski definition) is 4. The molecule has 0 aliphatic rings. The molecule has 6 N–H and O–H groups in total. The monoisotopic (exact) mass is 208 g/mol. The first-order valence-electron chi connectivity index (χ1n) is 5.94. The average Bonchev–Trinajstić information content (AvgIpc) is 2.23. The molecule has 0 fully saturated rings. The lowest BCUT2D eigenvalue weighted by Crippen LogP contribution is -2.39. The van der Waals surface area contributed by atoms with Gasteiger partial charge in [-0.1, -0.05) is 0 Å². The summed E-state index contributed by atoms with van der Waals surface area (Å²) in [6.45, 7) is 0.0892. The fourth-order valence-electron chi connectivity index (χ4n) is 0.940. The molecule has 82 valence electrons. The highest BCUT2D eigenvalue weighted by molar-refractivity contribution is 5.75. The molecule has 0 radical (unpaired) electrons. The number of carboxylic acid groups (broad SMARTS) is 2. The van der Waals surface area contributed by atoms with Crippen molar-refractivity contribution in [2.45, 2.75) is 25.3 Å². The van der Waals surface area contributed by atoms with E-state index in [1.54, 1.807) is 0 Å². The van der Waals surface area contributed by atoms with Gasteiger partial charge < -0.3 is 21.7 Å². The minimum absolute atomic E-state index is 0.0892. The predicted octanol–water partition coefficient (Wildman–Crippen LogP) is -0.772. The van der Waals surface area contributed by atoms with Crippen molar-refractivity contribution < 1.29 is 25.4 Å². The number of nitrogens with two attached hydrogens (primary N) is 2. The van der Waals surface area contributed by atoms with Crippen molar-refractivity contribution in [3.63, 3.8) is 0 Å². The van der Waals surface area contributed by atoms with Crippen LogP contribution in [-0.2, 0) is 9.59 Å². The van der Waals surface area contributed by atoms with Gasteiger partial charge in [0.2, 0.25) is 0 Å². The van der Waals surface area contributed by atoms with Gasteiger partial charge in [0.05, 0.1) is 7.79 Å². The molecular formula is C8H16N2O4. The van der Waals surface area contributed by atoms with Crippen LogP contribution in [0.5, 0.6) is 0 Å². The highest BCUT2D eigenvalue weighted by atomic mass is 16.4. The fraction of sp³-hybridized carbons (Fsp3) is 0.750. The van der Waals surface area contributed by atoms with Crippen LogP contribution < -0.4 is 11.5 Å². The van der Waals surface area contributed by atoms with Gasteiger partial charge in [-0.25, -0.2) is 0 Å². The third-order valence-electron chi connectivity index (χ3n) is 1.58. The van der Waals surface area contributed by atoms with Crippen LogP contribution in [0.25, 0.3) is 0 Å². The molecule has 0 saturated heterocycles. The Kier molecular flexibility index (Phi) is 3.25. The summed E-state index contributed by atoms with van der Waals surface area (Å²) in [6.07, 6.45) is -1.14. The molecule has 6 nitrogen and oxygen atoms in total. The van der Waals surface area contributed by atoms with Crippen LogP contribution in [0.3, 0.4) is 0 Å². The molecule has 6 heteroatoms. The summed E-state index contributed by atoms with van der Waals surface area (Å²) in [6, 6.07) is -3.00. The van der Waals surface area contributed by atoms with Gasteiger partial charge in [0.15, 0.2) is 0 Å². The quantitative estimate of drug-likeness (QED) is 0.415. The van der Waals surface area contributed by atoms with E-state index in [2.05, 4.69) is 0 Å². The molecule has 0 heterocycles. The molecule has 0 aromatic rings. The Hall–Kier alpha value is -1.14. The molecule has 0 bridgehead atoms. The molecule has 0 spiro atoms. The van der Waals surface area contributed by atoms with Gasteiger partial charge in [0, 0.05) is 1.37 Å². The van der Waals surface area contributed by atoms with Gasteiger partial charge in [0.25, 0.3) is 0 Å². The van der Waals surface area contributed by atoms with E-state index in [1.165, 1.54) is 0 Å². The third-order valence-corrected chi connectivity index (χ3v) is 1.58. The number of carboxylic acids is 2. The maximum atomic E-state index is 11.0. The summed E-state index contributed by atoms with van der Waals surface area (Å²) in [5.74, 6) is -5.73. The van der Waals surface area contributed by atoms with Crippen LogP contribution in [0.1, 0.15) is 22.0 Å². The highest BCUT2D eigenvalue weighted by Gasteiger charge is 2.25. The largest absolute Gasteiger partial charge is 0.481 e. The molecule has 0 rings (SSSR count). The predicted molar refractivity (Wildman–Crippen MR) is 49.6 cm³/mol. The summed E-state index contributed by atoms with van der Waals surface area (Å²) in [7, 11) is 0. The maximum absolute atomic E-state index is 11.0. The molecule has 2 atom stereocenters. The van der Waals surface area contributed by atoms with Gasteiger partial charge >= 0.3 is 11.9 Å². The molecular weight excluding hydrogens is 188 g/mol. The van der Waals surface area contributed by atoms with Crippen LogP contribution >= 0.6 is 0 Å². The Morgan fingerprint density at radius 1 is 1.50 bits per heavy atom. The van der Waals surface area contributed by atoms with Crippen LogP contribution in [0.2, 0.25) is 2.82 Å². The molecule has 0 aliphatic carbocycles. The second-order valence-electron chi connectivity index (χ2n) is 2.72. The summed E-state index contributed by atoms with van der Waals surface area (Å²) < 4.78 is 29.5. The van der Waals surface area contributed by atoms with Gasteiger partial charge in [0.1, 0.15) is 8.84 Å². The smallest absolute Gasteiger partial charge is 0.320 e. The molecule has 0 amide bonds. The lowest BCUT2D eigenvalue weighted by molar-refractivity contribution is -0.142.